The van der Waals surface area contributed by atoms with E-state index in [0.717, 1.165) is 11.0 Å². The minimum absolute atomic E-state index is 0.0542. The first kappa shape index (κ1) is 14.5. The van der Waals surface area contributed by atoms with Crippen molar-refractivity contribution in [2.75, 3.05) is 20.3 Å². The standard InChI is InChI=1S/C14H18BrNO3/c1-9-5-10(3-4-12(9)15)6-16(2)13-8-19-7-11(13)14(17)18/h3-5,11,13H,6-8H2,1-2H3,(H,17,18). The molecule has 1 saturated heterocycles. The summed E-state index contributed by atoms with van der Waals surface area (Å²) in [6.07, 6.45) is 0. The maximum Gasteiger partial charge on any atom is 0.310 e. The van der Waals surface area contributed by atoms with E-state index in [2.05, 4.69) is 33.0 Å². The molecule has 1 aliphatic rings. The van der Waals surface area contributed by atoms with Gasteiger partial charge in [0.2, 0.25) is 0 Å². The van der Waals surface area contributed by atoms with Crippen molar-refractivity contribution in [3.63, 3.8) is 0 Å². The molecule has 4 nitrogen and oxygen atoms in total. The number of carboxylic acid groups (broad SMARTS) is 1. The van der Waals surface area contributed by atoms with E-state index in [1.807, 2.05) is 20.0 Å². The van der Waals surface area contributed by atoms with E-state index in [4.69, 9.17) is 9.84 Å². The molecule has 0 amide bonds. The van der Waals surface area contributed by atoms with Gasteiger partial charge in [-0.15, -0.1) is 0 Å². The molecule has 1 aromatic rings. The summed E-state index contributed by atoms with van der Waals surface area (Å²) in [6.45, 7) is 3.57. The predicted octanol–water partition coefficient (Wildman–Crippen LogP) is 2.29. The molecule has 0 saturated carbocycles. The van der Waals surface area contributed by atoms with Crippen LogP contribution in [0.4, 0.5) is 0 Å². The van der Waals surface area contributed by atoms with Crippen molar-refractivity contribution in [3.8, 4) is 0 Å². The highest BCUT2D eigenvalue weighted by atomic mass is 79.9. The third-order valence-electron chi connectivity index (χ3n) is 3.59. The molecule has 1 aliphatic heterocycles. The number of benzene rings is 1. The van der Waals surface area contributed by atoms with Crippen LogP contribution in [0.25, 0.3) is 0 Å². The Balaban J connectivity index is 2.05. The Hall–Kier alpha value is -0.910. The van der Waals surface area contributed by atoms with Crippen LogP contribution in [0.1, 0.15) is 11.1 Å². The topological polar surface area (TPSA) is 49.8 Å². The number of rotatable bonds is 4. The molecule has 0 aliphatic carbocycles. The Kier molecular flexibility index (Phi) is 4.60. The Bertz CT molecular complexity index is 478. The normalized spacial score (nSPS) is 22.9. The molecular weight excluding hydrogens is 310 g/mol. The maximum atomic E-state index is 11.2. The van der Waals surface area contributed by atoms with E-state index in [0.29, 0.717) is 13.2 Å². The van der Waals surface area contributed by atoms with Crippen LogP contribution in [0.15, 0.2) is 22.7 Å². The van der Waals surface area contributed by atoms with Crippen LogP contribution in [0.2, 0.25) is 0 Å². The molecule has 1 aromatic carbocycles. The third-order valence-corrected chi connectivity index (χ3v) is 4.48. The number of hydrogen-bond acceptors (Lipinski definition) is 3. The molecule has 1 heterocycles. The smallest absolute Gasteiger partial charge is 0.310 e. The zero-order chi connectivity index (χ0) is 14.0. The number of aryl methyl sites for hydroxylation is 1. The number of likely N-dealkylation sites (N-methyl/N-ethyl adjacent to an activating group) is 1. The van der Waals surface area contributed by atoms with Gasteiger partial charge in [-0.1, -0.05) is 28.1 Å². The zero-order valence-corrected chi connectivity index (χ0v) is 12.7. The van der Waals surface area contributed by atoms with Gasteiger partial charge < -0.3 is 9.84 Å². The van der Waals surface area contributed by atoms with E-state index in [1.165, 1.54) is 11.1 Å². The highest BCUT2D eigenvalue weighted by molar-refractivity contribution is 9.10. The highest BCUT2D eigenvalue weighted by Crippen LogP contribution is 2.22. The van der Waals surface area contributed by atoms with Crippen LogP contribution in [-0.4, -0.2) is 42.3 Å². The monoisotopic (exact) mass is 327 g/mol. The summed E-state index contributed by atoms with van der Waals surface area (Å²) in [5.41, 5.74) is 2.36. The molecule has 104 valence electrons. The molecule has 1 N–H and O–H groups in total. The van der Waals surface area contributed by atoms with Gasteiger partial charge in [0.15, 0.2) is 0 Å². The number of halogens is 1. The van der Waals surface area contributed by atoms with Gasteiger partial charge in [0.05, 0.1) is 19.1 Å². The fourth-order valence-electron chi connectivity index (χ4n) is 2.42. The summed E-state index contributed by atoms with van der Waals surface area (Å²) in [7, 11) is 1.95. The molecular formula is C14H18BrNO3. The first-order valence-corrected chi connectivity index (χ1v) is 7.04. The van der Waals surface area contributed by atoms with Gasteiger partial charge in [-0.3, -0.25) is 9.69 Å². The first-order valence-electron chi connectivity index (χ1n) is 6.25. The molecule has 19 heavy (non-hydrogen) atoms. The summed E-state index contributed by atoms with van der Waals surface area (Å²) in [6, 6.07) is 6.14. The third kappa shape index (κ3) is 3.35. The minimum Gasteiger partial charge on any atom is -0.481 e. The summed E-state index contributed by atoms with van der Waals surface area (Å²) in [5.74, 6) is -1.21. The molecule has 0 spiro atoms. The van der Waals surface area contributed by atoms with Crippen LogP contribution < -0.4 is 0 Å². The van der Waals surface area contributed by atoms with E-state index >= 15 is 0 Å². The average Bonchev–Trinajstić information content (AvgIpc) is 2.83. The molecule has 1 fully saturated rings. The van der Waals surface area contributed by atoms with Gasteiger partial charge in [0.1, 0.15) is 0 Å². The van der Waals surface area contributed by atoms with Crippen molar-refractivity contribution in [1.82, 2.24) is 4.90 Å². The Morgan fingerprint density at radius 1 is 1.53 bits per heavy atom. The Labute approximate surface area is 121 Å². The summed E-state index contributed by atoms with van der Waals surface area (Å²) < 4.78 is 6.39. The number of hydrogen-bond donors (Lipinski definition) is 1. The van der Waals surface area contributed by atoms with E-state index < -0.39 is 11.9 Å². The van der Waals surface area contributed by atoms with Gasteiger partial charge in [0.25, 0.3) is 0 Å². The van der Waals surface area contributed by atoms with Crippen molar-refractivity contribution in [3.05, 3.63) is 33.8 Å². The second-order valence-electron chi connectivity index (χ2n) is 5.05. The Morgan fingerprint density at radius 2 is 2.26 bits per heavy atom. The second kappa shape index (κ2) is 6.03. The lowest BCUT2D eigenvalue weighted by molar-refractivity contribution is -0.143. The zero-order valence-electron chi connectivity index (χ0n) is 11.1. The number of aliphatic carboxylic acids is 1. The predicted molar refractivity (Wildman–Crippen MR) is 76.1 cm³/mol. The largest absolute Gasteiger partial charge is 0.481 e. The molecule has 2 rings (SSSR count). The van der Waals surface area contributed by atoms with Gasteiger partial charge in [-0.2, -0.15) is 0 Å². The maximum absolute atomic E-state index is 11.2. The molecule has 5 heteroatoms. The molecule has 0 bridgehead atoms. The van der Waals surface area contributed by atoms with Crippen molar-refractivity contribution in [2.45, 2.75) is 19.5 Å². The van der Waals surface area contributed by atoms with Crippen LogP contribution in [0, 0.1) is 12.8 Å². The number of carboxylic acids is 1. The summed E-state index contributed by atoms with van der Waals surface area (Å²) >= 11 is 3.48. The van der Waals surface area contributed by atoms with E-state index in [-0.39, 0.29) is 6.04 Å². The lowest BCUT2D eigenvalue weighted by Gasteiger charge is -2.26. The first-order chi connectivity index (χ1) is 8.99. The number of ether oxygens (including phenoxy) is 1. The van der Waals surface area contributed by atoms with Crippen LogP contribution in [0.5, 0.6) is 0 Å². The van der Waals surface area contributed by atoms with Crippen LogP contribution in [-0.2, 0) is 16.1 Å². The molecule has 2 atom stereocenters. The Morgan fingerprint density at radius 3 is 2.89 bits per heavy atom. The van der Waals surface area contributed by atoms with Gasteiger partial charge in [-0.05, 0) is 31.2 Å². The lowest BCUT2D eigenvalue weighted by Crippen LogP contribution is -2.40. The van der Waals surface area contributed by atoms with Crippen molar-refractivity contribution >= 4 is 21.9 Å². The quantitative estimate of drug-likeness (QED) is 0.921. The highest BCUT2D eigenvalue weighted by Gasteiger charge is 2.36. The summed E-state index contributed by atoms with van der Waals surface area (Å²) in [4.78, 5) is 13.2. The number of carbonyl (C=O) groups is 1. The number of nitrogens with zero attached hydrogens (tertiary/aromatic N) is 1. The van der Waals surface area contributed by atoms with Crippen LogP contribution >= 0.6 is 15.9 Å². The van der Waals surface area contributed by atoms with E-state index in [9.17, 15) is 4.79 Å². The summed E-state index contributed by atoms with van der Waals surface area (Å²) in [5, 5.41) is 9.17. The average molecular weight is 328 g/mol. The molecule has 0 aromatic heterocycles. The van der Waals surface area contributed by atoms with Crippen LogP contribution in [0.3, 0.4) is 0 Å². The van der Waals surface area contributed by atoms with Crippen molar-refractivity contribution in [2.24, 2.45) is 5.92 Å². The van der Waals surface area contributed by atoms with Crippen molar-refractivity contribution < 1.29 is 14.6 Å². The SMILES string of the molecule is Cc1cc(CN(C)C2COCC2C(=O)O)ccc1Br. The minimum atomic E-state index is -0.777. The van der Waals surface area contributed by atoms with Crippen molar-refractivity contribution in [1.29, 1.82) is 0 Å². The fourth-order valence-corrected chi connectivity index (χ4v) is 2.67. The van der Waals surface area contributed by atoms with Gasteiger partial charge in [0, 0.05) is 17.1 Å². The van der Waals surface area contributed by atoms with E-state index in [1.54, 1.807) is 0 Å². The van der Waals surface area contributed by atoms with Gasteiger partial charge in [-0.25, -0.2) is 0 Å². The van der Waals surface area contributed by atoms with Gasteiger partial charge >= 0.3 is 5.97 Å². The molecule has 0 radical (unpaired) electrons. The molecule has 2 unspecified atom stereocenters. The fraction of sp³-hybridized carbons (Fsp3) is 0.500. The second-order valence-corrected chi connectivity index (χ2v) is 5.90. The lowest BCUT2D eigenvalue weighted by atomic mass is 10.0.